The zero-order valence-corrected chi connectivity index (χ0v) is 13.1. The highest BCUT2D eigenvalue weighted by atomic mass is 16.6. The fraction of sp³-hybridized carbons (Fsp3) is 0.250. The first-order chi connectivity index (χ1) is 10.9. The molecule has 0 aliphatic heterocycles. The number of benzene rings is 1. The maximum absolute atomic E-state index is 12.2. The second kappa shape index (κ2) is 6.87. The molecule has 0 fully saturated rings. The number of ether oxygens (including phenoxy) is 1. The van der Waals surface area contributed by atoms with Gasteiger partial charge in [0.25, 0.3) is 5.91 Å². The van der Waals surface area contributed by atoms with Crippen molar-refractivity contribution in [1.82, 2.24) is 4.98 Å². The zero-order chi connectivity index (χ0) is 17.0. The van der Waals surface area contributed by atoms with Crippen LogP contribution in [0.5, 0.6) is 5.75 Å². The van der Waals surface area contributed by atoms with Crippen molar-refractivity contribution in [2.45, 2.75) is 26.9 Å². The van der Waals surface area contributed by atoms with Crippen LogP contribution in [0.15, 0.2) is 36.5 Å². The Hall–Kier alpha value is -2.96. The van der Waals surface area contributed by atoms with Gasteiger partial charge in [0.15, 0.2) is 6.10 Å². The molecule has 1 atom stereocenters. The number of nitrogens with one attached hydrogen (secondary N) is 1. The van der Waals surface area contributed by atoms with Gasteiger partial charge in [0, 0.05) is 5.69 Å². The minimum absolute atomic E-state index is 0.0406. The van der Waals surface area contributed by atoms with E-state index in [4.69, 9.17) is 4.74 Å². The van der Waals surface area contributed by atoms with E-state index in [1.807, 2.05) is 32.0 Å². The fourth-order valence-electron chi connectivity index (χ4n) is 1.96. The summed E-state index contributed by atoms with van der Waals surface area (Å²) in [5.41, 5.74) is 2.62. The normalized spacial score (nSPS) is 11.6. The van der Waals surface area contributed by atoms with Crippen LogP contribution < -0.4 is 10.1 Å². The van der Waals surface area contributed by atoms with Gasteiger partial charge in [-0.1, -0.05) is 12.1 Å². The third-order valence-corrected chi connectivity index (χ3v) is 3.25. The van der Waals surface area contributed by atoms with Crippen molar-refractivity contribution < 1.29 is 14.5 Å². The number of amides is 1. The number of pyridine rings is 1. The molecule has 1 heterocycles. The van der Waals surface area contributed by atoms with Gasteiger partial charge >= 0.3 is 5.82 Å². The quantitative estimate of drug-likeness (QED) is 0.676. The number of aromatic nitrogens is 1. The van der Waals surface area contributed by atoms with Crippen molar-refractivity contribution in [3.8, 4) is 5.75 Å². The molecule has 1 unspecified atom stereocenters. The Balaban J connectivity index is 2.12. The van der Waals surface area contributed by atoms with Crippen LogP contribution in [-0.2, 0) is 4.79 Å². The molecule has 1 aromatic carbocycles. The summed E-state index contributed by atoms with van der Waals surface area (Å²) in [4.78, 5) is 26.1. The second-order valence-electron chi connectivity index (χ2n) is 5.15. The van der Waals surface area contributed by atoms with Crippen LogP contribution >= 0.6 is 0 Å². The molecule has 120 valence electrons. The van der Waals surface area contributed by atoms with Crippen LogP contribution in [0, 0.1) is 24.0 Å². The summed E-state index contributed by atoms with van der Waals surface area (Å²) in [7, 11) is 0. The molecule has 1 aromatic heterocycles. The minimum Gasteiger partial charge on any atom is -0.473 e. The van der Waals surface area contributed by atoms with Crippen LogP contribution in [0.25, 0.3) is 0 Å². The number of rotatable bonds is 5. The van der Waals surface area contributed by atoms with E-state index in [2.05, 4.69) is 10.3 Å². The van der Waals surface area contributed by atoms with E-state index >= 15 is 0 Å². The van der Waals surface area contributed by atoms with Crippen LogP contribution in [0.2, 0.25) is 0 Å². The van der Waals surface area contributed by atoms with Crippen LogP contribution in [0.4, 0.5) is 11.5 Å². The first-order valence-electron chi connectivity index (χ1n) is 7.02. The number of anilines is 1. The van der Waals surface area contributed by atoms with Crippen LogP contribution in [0.1, 0.15) is 18.1 Å². The third-order valence-electron chi connectivity index (χ3n) is 3.25. The SMILES string of the molecule is Cc1ccc(C)c(NC(=O)C(C)Oc2cccnc2[N+](=O)[O-])c1. The molecule has 2 rings (SSSR count). The molecule has 0 bridgehead atoms. The van der Waals surface area contributed by atoms with E-state index in [0.717, 1.165) is 11.1 Å². The van der Waals surface area contributed by atoms with Crippen molar-refractivity contribution in [3.63, 3.8) is 0 Å². The minimum atomic E-state index is -0.905. The summed E-state index contributed by atoms with van der Waals surface area (Å²) in [6, 6.07) is 8.63. The molecular formula is C16H17N3O4. The van der Waals surface area contributed by atoms with Gasteiger partial charge in [-0.05, 0) is 60.0 Å². The molecule has 0 radical (unpaired) electrons. The number of carbonyl (C=O) groups excluding carboxylic acids is 1. The maximum Gasteiger partial charge on any atom is 0.406 e. The van der Waals surface area contributed by atoms with Crippen molar-refractivity contribution in [2.24, 2.45) is 0 Å². The summed E-state index contributed by atoms with van der Waals surface area (Å²) < 4.78 is 5.39. The van der Waals surface area contributed by atoms with E-state index in [-0.39, 0.29) is 5.75 Å². The number of nitro groups is 1. The molecule has 7 nitrogen and oxygen atoms in total. The Labute approximate surface area is 133 Å². The topological polar surface area (TPSA) is 94.4 Å². The highest BCUT2D eigenvalue weighted by molar-refractivity contribution is 5.94. The Morgan fingerprint density at radius 1 is 1.35 bits per heavy atom. The van der Waals surface area contributed by atoms with Gasteiger partial charge in [0.05, 0.1) is 0 Å². The van der Waals surface area contributed by atoms with E-state index < -0.39 is 22.8 Å². The molecule has 2 aromatic rings. The van der Waals surface area contributed by atoms with Gasteiger partial charge in [-0.15, -0.1) is 0 Å². The average Bonchev–Trinajstić information content (AvgIpc) is 2.51. The lowest BCUT2D eigenvalue weighted by molar-refractivity contribution is -0.390. The Morgan fingerprint density at radius 2 is 2.09 bits per heavy atom. The van der Waals surface area contributed by atoms with E-state index in [1.54, 1.807) is 0 Å². The number of nitrogens with zero attached hydrogens (tertiary/aromatic N) is 2. The summed E-state index contributed by atoms with van der Waals surface area (Å²) >= 11 is 0. The number of aryl methyl sites for hydroxylation is 2. The van der Waals surface area contributed by atoms with Gasteiger partial charge in [0.1, 0.15) is 6.20 Å². The van der Waals surface area contributed by atoms with E-state index in [9.17, 15) is 14.9 Å². The Kier molecular flexibility index (Phi) is 4.90. The van der Waals surface area contributed by atoms with Crippen molar-refractivity contribution in [2.75, 3.05) is 5.32 Å². The van der Waals surface area contributed by atoms with Crippen LogP contribution in [0.3, 0.4) is 0 Å². The summed E-state index contributed by atoms with van der Waals surface area (Å²) in [5.74, 6) is -0.850. The molecule has 7 heteroatoms. The van der Waals surface area contributed by atoms with Crippen molar-refractivity contribution in [1.29, 1.82) is 0 Å². The summed E-state index contributed by atoms with van der Waals surface area (Å²) in [6.45, 7) is 5.33. The van der Waals surface area contributed by atoms with Crippen LogP contribution in [-0.4, -0.2) is 21.9 Å². The Morgan fingerprint density at radius 3 is 2.78 bits per heavy atom. The zero-order valence-electron chi connectivity index (χ0n) is 13.1. The first-order valence-corrected chi connectivity index (χ1v) is 7.02. The lowest BCUT2D eigenvalue weighted by Crippen LogP contribution is -2.30. The highest BCUT2D eigenvalue weighted by Crippen LogP contribution is 2.24. The van der Waals surface area contributed by atoms with E-state index in [0.29, 0.717) is 5.69 Å². The molecule has 23 heavy (non-hydrogen) atoms. The molecular weight excluding hydrogens is 298 g/mol. The molecule has 0 aliphatic carbocycles. The monoisotopic (exact) mass is 315 g/mol. The lowest BCUT2D eigenvalue weighted by Gasteiger charge is -2.15. The largest absolute Gasteiger partial charge is 0.473 e. The third kappa shape index (κ3) is 4.03. The summed E-state index contributed by atoms with van der Waals surface area (Å²) in [6.07, 6.45) is 0.393. The molecule has 0 saturated carbocycles. The molecule has 0 saturated heterocycles. The lowest BCUT2D eigenvalue weighted by atomic mass is 10.1. The summed E-state index contributed by atoms with van der Waals surface area (Å²) in [5, 5.41) is 13.7. The molecule has 1 N–H and O–H groups in total. The number of hydrogen-bond donors (Lipinski definition) is 1. The van der Waals surface area contributed by atoms with Crippen molar-refractivity contribution >= 4 is 17.4 Å². The van der Waals surface area contributed by atoms with Crippen molar-refractivity contribution in [3.05, 3.63) is 57.8 Å². The Bertz CT molecular complexity index is 746. The predicted molar refractivity (Wildman–Crippen MR) is 85.5 cm³/mol. The molecule has 0 aliphatic rings. The van der Waals surface area contributed by atoms with Gasteiger partial charge in [-0.3, -0.25) is 4.79 Å². The molecule has 1 amide bonds. The predicted octanol–water partition coefficient (Wildman–Crippen LogP) is 3.01. The maximum atomic E-state index is 12.2. The van der Waals surface area contributed by atoms with Gasteiger partial charge in [0.2, 0.25) is 5.75 Å². The second-order valence-corrected chi connectivity index (χ2v) is 5.15. The fourth-order valence-corrected chi connectivity index (χ4v) is 1.96. The average molecular weight is 315 g/mol. The standard InChI is InChI=1S/C16H17N3O4/c1-10-6-7-11(2)13(9-10)18-16(20)12(3)23-14-5-4-8-17-15(14)19(21)22/h4-9,12H,1-3H3,(H,18,20). The number of carbonyl (C=O) groups is 1. The smallest absolute Gasteiger partial charge is 0.406 e. The van der Waals surface area contributed by atoms with Gasteiger partial charge in [-0.25, -0.2) is 0 Å². The molecule has 0 spiro atoms. The van der Waals surface area contributed by atoms with E-state index in [1.165, 1.54) is 25.3 Å². The van der Waals surface area contributed by atoms with Gasteiger partial charge in [-0.2, -0.15) is 0 Å². The highest BCUT2D eigenvalue weighted by Gasteiger charge is 2.22. The van der Waals surface area contributed by atoms with Gasteiger partial charge < -0.3 is 20.2 Å². The number of hydrogen-bond acceptors (Lipinski definition) is 5. The first kappa shape index (κ1) is 16.4.